The highest BCUT2D eigenvalue weighted by Crippen LogP contribution is 2.22. The maximum Gasteiger partial charge on any atom is 0.0651 e. The molecule has 2 aromatic carbocycles. The zero-order valence-corrected chi connectivity index (χ0v) is 11.2. The molecule has 3 rings (SSSR count). The fraction of sp³-hybridized carbons (Fsp3) is 0.118. The third kappa shape index (κ3) is 2.43. The molecule has 1 aromatic heterocycles. The molecule has 0 fully saturated rings. The van der Waals surface area contributed by atoms with E-state index in [0.717, 1.165) is 11.4 Å². The third-order valence-electron chi connectivity index (χ3n) is 3.18. The van der Waals surface area contributed by atoms with Gasteiger partial charge in [-0.25, -0.2) is 4.68 Å². The van der Waals surface area contributed by atoms with Crippen LogP contribution in [0, 0.1) is 13.8 Å². The van der Waals surface area contributed by atoms with Gasteiger partial charge in [-0.15, -0.1) is 0 Å². The molecule has 2 heteroatoms. The van der Waals surface area contributed by atoms with Crippen LogP contribution in [0.1, 0.15) is 11.3 Å². The minimum absolute atomic E-state index is 1.03. The third-order valence-corrected chi connectivity index (χ3v) is 3.18. The van der Waals surface area contributed by atoms with Crippen LogP contribution in [-0.4, -0.2) is 9.78 Å². The Labute approximate surface area is 113 Å². The van der Waals surface area contributed by atoms with Gasteiger partial charge in [-0.05, 0) is 43.2 Å². The van der Waals surface area contributed by atoms with Gasteiger partial charge in [0.1, 0.15) is 0 Å². The summed E-state index contributed by atoms with van der Waals surface area (Å²) in [6.07, 6.45) is 1.99. The van der Waals surface area contributed by atoms with Crippen LogP contribution < -0.4 is 0 Å². The summed E-state index contributed by atoms with van der Waals surface area (Å²) in [7, 11) is 0. The summed E-state index contributed by atoms with van der Waals surface area (Å²) in [5, 5.41) is 4.45. The van der Waals surface area contributed by atoms with Crippen LogP contribution >= 0.6 is 0 Å². The van der Waals surface area contributed by atoms with Crippen LogP contribution in [0.25, 0.3) is 16.8 Å². The Morgan fingerprint density at radius 3 is 2.26 bits per heavy atom. The monoisotopic (exact) mass is 248 g/mol. The highest BCUT2D eigenvalue weighted by Gasteiger charge is 2.02. The van der Waals surface area contributed by atoms with Gasteiger partial charge in [0.05, 0.1) is 11.4 Å². The molecule has 0 spiro atoms. The number of hydrogen-bond donors (Lipinski definition) is 0. The summed E-state index contributed by atoms with van der Waals surface area (Å²) < 4.78 is 1.91. The Morgan fingerprint density at radius 1 is 0.842 bits per heavy atom. The van der Waals surface area contributed by atoms with E-state index < -0.39 is 0 Å². The second-order valence-corrected chi connectivity index (χ2v) is 4.82. The zero-order chi connectivity index (χ0) is 13.2. The Balaban J connectivity index is 2.05. The minimum Gasteiger partial charge on any atom is -0.241 e. The molecule has 3 aromatic rings. The molecule has 0 saturated carbocycles. The van der Waals surface area contributed by atoms with E-state index in [4.69, 9.17) is 0 Å². The largest absolute Gasteiger partial charge is 0.241 e. The maximum atomic E-state index is 4.45. The van der Waals surface area contributed by atoms with E-state index in [1.807, 2.05) is 23.9 Å². The van der Waals surface area contributed by atoms with Crippen LogP contribution in [0.3, 0.4) is 0 Å². The average Bonchev–Trinajstić information content (AvgIpc) is 2.86. The fourth-order valence-electron chi connectivity index (χ4n) is 2.21. The molecule has 0 N–H and O–H groups in total. The van der Waals surface area contributed by atoms with Crippen LogP contribution in [0.5, 0.6) is 0 Å². The lowest BCUT2D eigenvalue weighted by molar-refractivity contribution is 0.863. The van der Waals surface area contributed by atoms with E-state index >= 15 is 0 Å². The number of hydrogen-bond acceptors (Lipinski definition) is 1. The Kier molecular flexibility index (Phi) is 2.92. The molecule has 19 heavy (non-hydrogen) atoms. The molecule has 0 atom stereocenters. The molecular formula is C17H16N2. The summed E-state index contributed by atoms with van der Waals surface area (Å²) in [5.41, 5.74) is 5.85. The van der Waals surface area contributed by atoms with Gasteiger partial charge in [0.15, 0.2) is 0 Å². The molecular weight excluding hydrogens is 232 g/mol. The number of aromatic nitrogens is 2. The first-order valence-corrected chi connectivity index (χ1v) is 6.42. The smallest absolute Gasteiger partial charge is 0.0651 e. The molecule has 2 nitrogen and oxygen atoms in total. The molecule has 0 unspecified atom stereocenters. The van der Waals surface area contributed by atoms with Gasteiger partial charge in [-0.1, -0.05) is 42.0 Å². The van der Waals surface area contributed by atoms with Gasteiger partial charge in [0.25, 0.3) is 0 Å². The predicted molar refractivity (Wildman–Crippen MR) is 78.5 cm³/mol. The van der Waals surface area contributed by atoms with Crippen LogP contribution in [0.2, 0.25) is 0 Å². The van der Waals surface area contributed by atoms with E-state index in [0.29, 0.717) is 0 Å². The topological polar surface area (TPSA) is 17.8 Å². The Hall–Kier alpha value is -2.35. The zero-order valence-electron chi connectivity index (χ0n) is 11.2. The van der Waals surface area contributed by atoms with Crippen molar-refractivity contribution in [2.45, 2.75) is 13.8 Å². The van der Waals surface area contributed by atoms with Crippen molar-refractivity contribution in [3.8, 4) is 16.8 Å². The highest BCUT2D eigenvalue weighted by atomic mass is 15.3. The molecule has 0 saturated heterocycles. The van der Waals surface area contributed by atoms with Gasteiger partial charge in [0, 0.05) is 6.20 Å². The first-order chi connectivity index (χ1) is 9.22. The van der Waals surface area contributed by atoms with Crippen LogP contribution in [0.15, 0.2) is 60.8 Å². The molecule has 0 amide bonds. The van der Waals surface area contributed by atoms with Crippen molar-refractivity contribution in [2.75, 3.05) is 0 Å². The van der Waals surface area contributed by atoms with Crippen molar-refractivity contribution in [3.05, 3.63) is 72.1 Å². The molecule has 0 radical (unpaired) electrons. The lowest BCUT2D eigenvalue weighted by Gasteiger charge is -2.06. The SMILES string of the molecule is Cc1cccc(-c2cccc(-n3ccc(C)n3)c2)c1. The summed E-state index contributed by atoms with van der Waals surface area (Å²) >= 11 is 0. The second kappa shape index (κ2) is 4.73. The van der Waals surface area contributed by atoms with Crippen molar-refractivity contribution in [1.29, 1.82) is 0 Å². The summed E-state index contributed by atoms with van der Waals surface area (Å²) in [6, 6.07) is 19.0. The molecule has 1 heterocycles. The number of nitrogens with zero attached hydrogens (tertiary/aromatic N) is 2. The van der Waals surface area contributed by atoms with Gasteiger partial charge in [0.2, 0.25) is 0 Å². The molecule has 0 aliphatic heterocycles. The van der Waals surface area contributed by atoms with Crippen molar-refractivity contribution in [3.63, 3.8) is 0 Å². The molecule has 0 aliphatic carbocycles. The normalized spacial score (nSPS) is 10.6. The lowest BCUT2D eigenvalue weighted by Crippen LogP contribution is -1.95. The summed E-state index contributed by atoms with van der Waals surface area (Å²) in [4.78, 5) is 0. The van der Waals surface area contributed by atoms with Crippen LogP contribution in [-0.2, 0) is 0 Å². The van der Waals surface area contributed by atoms with E-state index in [-0.39, 0.29) is 0 Å². The maximum absolute atomic E-state index is 4.45. The number of aryl methyl sites for hydroxylation is 2. The Bertz CT molecular complexity index is 711. The average molecular weight is 248 g/mol. The molecule has 0 bridgehead atoms. The van der Waals surface area contributed by atoms with Gasteiger partial charge < -0.3 is 0 Å². The van der Waals surface area contributed by atoms with Gasteiger partial charge in [-0.2, -0.15) is 5.10 Å². The number of benzene rings is 2. The van der Waals surface area contributed by atoms with Crippen molar-refractivity contribution < 1.29 is 0 Å². The summed E-state index contributed by atoms with van der Waals surface area (Å²) in [5.74, 6) is 0. The lowest BCUT2D eigenvalue weighted by atomic mass is 10.0. The van der Waals surface area contributed by atoms with Gasteiger partial charge in [-0.3, -0.25) is 0 Å². The molecule has 94 valence electrons. The van der Waals surface area contributed by atoms with Gasteiger partial charge >= 0.3 is 0 Å². The Morgan fingerprint density at radius 2 is 1.58 bits per heavy atom. The fourth-order valence-corrected chi connectivity index (χ4v) is 2.21. The van der Waals surface area contributed by atoms with E-state index in [1.165, 1.54) is 16.7 Å². The number of rotatable bonds is 2. The van der Waals surface area contributed by atoms with Crippen molar-refractivity contribution in [2.24, 2.45) is 0 Å². The second-order valence-electron chi connectivity index (χ2n) is 4.82. The summed E-state index contributed by atoms with van der Waals surface area (Å²) in [6.45, 7) is 4.12. The van der Waals surface area contributed by atoms with E-state index in [1.54, 1.807) is 0 Å². The first kappa shape index (κ1) is 11.7. The highest BCUT2D eigenvalue weighted by molar-refractivity contribution is 5.66. The predicted octanol–water partition coefficient (Wildman–Crippen LogP) is 4.16. The van der Waals surface area contributed by atoms with E-state index in [2.05, 4.69) is 60.6 Å². The van der Waals surface area contributed by atoms with Crippen LogP contribution in [0.4, 0.5) is 0 Å². The standard InChI is InChI=1S/C17H16N2/c1-13-5-3-6-15(11-13)16-7-4-8-17(12-16)19-10-9-14(2)18-19/h3-12H,1-2H3. The molecule has 0 aliphatic rings. The van der Waals surface area contributed by atoms with Crippen molar-refractivity contribution in [1.82, 2.24) is 9.78 Å². The first-order valence-electron chi connectivity index (χ1n) is 6.42. The van der Waals surface area contributed by atoms with E-state index in [9.17, 15) is 0 Å². The minimum atomic E-state index is 1.03. The quantitative estimate of drug-likeness (QED) is 0.666. The van der Waals surface area contributed by atoms with Crippen molar-refractivity contribution >= 4 is 0 Å².